The number of benzene rings is 1. The van der Waals surface area contributed by atoms with Gasteiger partial charge < -0.3 is 10.6 Å². The summed E-state index contributed by atoms with van der Waals surface area (Å²) in [5.74, 6) is 3.72. The fourth-order valence-corrected chi connectivity index (χ4v) is 4.50. The normalized spacial score (nSPS) is 29.2. The number of fused-ring (bicyclic) bond motifs is 2. The first-order valence-corrected chi connectivity index (χ1v) is 8.66. The maximum absolute atomic E-state index is 5.76. The minimum absolute atomic E-state index is 0.619. The Kier molecular flexibility index (Phi) is 4.54. The van der Waals surface area contributed by atoms with E-state index in [2.05, 4.69) is 31.0 Å². The Bertz CT molecular complexity index is 453. The second kappa shape index (κ2) is 6.39. The van der Waals surface area contributed by atoms with Gasteiger partial charge in [0, 0.05) is 12.2 Å². The van der Waals surface area contributed by atoms with Crippen molar-refractivity contribution in [2.75, 3.05) is 25.9 Å². The number of nitrogens with two attached hydrogens (primary N) is 1. The molecule has 3 rings (SSSR count). The summed E-state index contributed by atoms with van der Waals surface area (Å²) in [6.45, 7) is 4.85. The highest BCUT2D eigenvalue weighted by atomic mass is 15.1. The lowest BCUT2D eigenvalue weighted by molar-refractivity contribution is 0.215. The minimum Gasteiger partial charge on any atom is -0.399 e. The van der Waals surface area contributed by atoms with Crippen molar-refractivity contribution in [1.29, 1.82) is 0 Å². The van der Waals surface area contributed by atoms with Gasteiger partial charge in [-0.25, -0.2) is 0 Å². The van der Waals surface area contributed by atoms with Gasteiger partial charge >= 0.3 is 0 Å². The van der Waals surface area contributed by atoms with Crippen molar-refractivity contribution in [1.82, 2.24) is 4.90 Å². The molecule has 0 heterocycles. The van der Waals surface area contributed by atoms with Gasteiger partial charge in [0.25, 0.3) is 0 Å². The van der Waals surface area contributed by atoms with E-state index in [4.69, 9.17) is 5.73 Å². The molecule has 1 aromatic rings. The molecule has 2 aliphatic rings. The van der Waals surface area contributed by atoms with Gasteiger partial charge in [0.05, 0.1) is 0 Å². The van der Waals surface area contributed by atoms with Crippen molar-refractivity contribution >= 4 is 5.69 Å². The molecule has 2 bridgehead atoms. The fraction of sp³-hybridized carbons (Fsp3) is 0.684. The van der Waals surface area contributed by atoms with Crippen molar-refractivity contribution in [3.63, 3.8) is 0 Å². The van der Waals surface area contributed by atoms with Crippen LogP contribution in [-0.4, -0.2) is 25.0 Å². The summed E-state index contributed by atoms with van der Waals surface area (Å²) in [4.78, 5) is 2.57. The molecule has 2 aliphatic carbocycles. The van der Waals surface area contributed by atoms with E-state index in [1.54, 1.807) is 0 Å². The maximum Gasteiger partial charge on any atom is 0.0314 e. The summed E-state index contributed by atoms with van der Waals surface area (Å²) in [5.41, 5.74) is 8.04. The highest BCUT2D eigenvalue weighted by Crippen LogP contribution is 2.48. The number of hydrogen-bond donors (Lipinski definition) is 1. The maximum atomic E-state index is 5.76. The molecule has 1 aromatic carbocycles. The molecular formula is C19H30N2. The first-order chi connectivity index (χ1) is 10.1. The van der Waals surface area contributed by atoms with Crippen LogP contribution in [-0.2, 0) is 0 Å². The number of rotatable bonds is 6. The minimum atomic E-state index is 0.619. The molecule has 4 unspecified atom stereocenters. The van der Waals surface area contributed by atoms with E-state index < -0.39 is 0 Å². The summed E-state index contributed by atoms with van der Waals surface area (Å²) in [6.07, 6.45) is 7.29. The van der Waals surface area contributed by atoms with Crippen LogP contribution in [0.25, 0.3) is 0 Å². The Labute approximate surface area is 129 Å². The Morgan fingerprint density at radius 2 is 1.95 bits per heavy atom. The van der Waals surface area contributed by atoms with Crippen LogP contribution in [0.1, 0.15) is 50.5 Å². The summed E-state index contributed by atoms with van der Waals surface area (Å²) in [5, 5.41) is 0. The van der Waals surface area contributed by atoms with Gasteiger partial charge in [-0.3, -0.25) is 0 Å². The molecular weight excluding hydrogens is 256 g/mol. The lowest BCUT2D eigenvalue weighted by atomic mass is 9.88. The van der Waals surface area contributed by atoms with Crippen molar-refractivity contribution < 1.29 is 0 Å². The van der Waals surface area contributed by atoms with Gasteiger partial charge in [-0.05, 0) is 80.6 Å². The van der Waals surface area contributed by atoms with Gasteiger partial charge in [0.1, 0.15) is 0 Å². The quantitative estimate of drug-likeness (QED) is 0.797. The molecule has 2 N–H and O–H groups in total. The topological polar surface area (TPSA) is 29.3 Å². The molecule has 0 amide bonds. The molecule has 0 aliphatic heterocycles. The molecule has 2 fully saturated rings. The number of nitrogens with zero attached hydrogens (tertiary/aromatic N) is 1. The van der Waals surface area contributed by atoms with Gasteiger partial charge in [-0.15, -0.1) is 0 Å². The number of hydrogen-bond acceptors (Lipinski definition) is 2. The third-order valence-corrected chi connectivity index (χ3v) is 5.88. The smallest absolute Gasteiger partial charge is 0.0314 e. The highest BCUT2D eigenvalue weighted by Gasteiger charge is 2.39. The zero-order valence-electron chi connectivity index (χ0n) is 13.6. The fourth-order valence-electron chi connectivity index (χ4n) is 4.50. The number of anilines is 1. The standard InChI is InChI=1S/C19H30N2/c1-14(16-5-7-19(20)8-6-16)9-10-21(2)13-18-12-15-3-4-17(18)11-15/h5-8,14-15,17-18H,3-4,9-13,20H2,1-2H3. The molecule has 2 nitrogen and oxygen atoms in total. The molecule has 0 aromatic heterocycles. The third kappa shape index (κ3) is 3.60. The predicted molar refractivity (Wildman–Crippen MR) is 90.3 cm³/mol. The lowest BCUT2D eigenvalue weighted by Gasteiger charge is -2.28. The SMILES string of the molecule is CC(CCN(C)CC1CC2CCC1C2)c1ccc(N)cc1. The van der Waals surface area contributed by atoms with Crippen LogP contribution >= 0.6 is 0 Å². The van der Waals surface area contributed by atoms with Crippen LogP contribution < -0.4 is 5.73 Å². The Balaban J connectivity index is 1.43. The molecule has 2 heteroatoms. The van der Waals surface area contributed by atoms with E-state index in [1.807, 2.05) is 12.1 Å². The van der Waals surface area contributed by atoms with Gasteiger partial charge in [0.2, 0.25) is 0 Å². The molecule has 2 saturated carbocycles. The second-order valence-corrected chi connectivity index (χ2v) is 7.55. The van der Waals surface area contributed by atoms with E-state index in [9.17, 15) is 0 Å². The van der Waals surface area contributed by atoms with Crippen molar-refractivity contribution in [2.24, 2.45) is 17.8 Å². The molecule has 4 atom stereocenters. The first kappa shape index (κ1) is 14.9. The first-order valence-electron chi connectivity index (χ1n) is 8.66. The molecule has 0 radical (unpaired) electrons. The largest absolute Gasteiger partial charge is 0.399 e. The average molecular weight is 286 g/mol. The van der Waals surface area contributed by atoms with E-state index in [0.29, 0.717) is 5.92 Å². The van der Waals surface area contributed by atoms with Crippen LogP contribution in [0, 0.1) is 17.8 Å². The van der Waals surface area contributed by atoms with Gasteiger partial charge in [-0.2, -0.15) is 0 Å². The van der Waals surface area contributed by atoms with E-state index >= 15 is 0 Å². The average Bonchev–Trinajstić information content (AvgIpc) is 3.08. The van der Waals surface area contributed by atoms with Crippen molar-refractivity contribution in [3.8, 4) is 0 Å². The molecule has 21 heavy (non-hydrogen) atoms. The third-order valence-electron chi connectivity index (χ3n) is 5.88. The highest BCUT2D eigenvalue weighted by molar-refractivity contribution is 5.40. The molecule has 116 valence electrons. The lowest BCUT2D eigenvalue weighted by Crippen LogP contribution is -2.30. The zero-order valence-corrected chi connectivity index (χ0v) is 13.6. The summed E-state index contributed by atoms with van der Waals surface area (Å²) in [7, 11) is 2.31. The van der Waals surface area contributed by atoms with E-state index in [-0.39, 0.29) is 0 Å². The van der Waals surface area contributed by atoms with Crippen molar-refractivity contribution in [2.45, 2.75) is 44.9 Å². The van der Waals surface area contributed by atoms with Crippen LogP contribution in [0.15, 0.2) is 24.3 Å². The summed E-state index contributed by atoms with van der Waals surface area (Å²) in [6, 6.07) is 8.39. The predicted octanol–water partition coefficient (Wildman–Crippen LogP) is 4.13. The summed E-state index contributed by atoms with van der Waals surface area (Å²) >= 11 is 0. The number of nitrogen functional groups attached to an aromatic ring is 1. The van der Waals surface area contributed by atoms with Crippen LogP contribution in [0.5, 0.6) is 0 Å². The molecule has 0 spiro atoms. The van der Waals surface area contributed by atoms with Crippen LogP contribution in [0.2, 0.25) is 0 Å². The van der Waals surface area contributed by atoms with Gasteiger partial charge in [0.15, 0.2) is 0 Å². The zero-order chi connectivity index (χ0) is 14.8. The van der Waals surface area contributed by atoms with Crippen molar-refractivity contribution in [3.05, 3.63) is 29.8 Å². The molecule has 0 saturated heterocycles. The van der Waals surface area contributed by atoms with Gasteiger partial charge in [-0.1, -0.05) is 25.5 Å². The van der Waals surface area contributed by atoms with Crippen LogP contribution in [0.4, 0.5) is 5.69 Å². The summed E-state index contributed by atoms with van der Waals surface area (Å²) < 4.78 is 0. The second-order valence-electron chi connectivity index (χ2n) is 7.55. The van der Waals surface area contributed by atoms with E-state index in [0.717, 1.165) is 23.4 Å². The monoisotopic (exact) mass is 286 g/mol. The Morgan fingerprint density at radius 1 is 1.19 bits per heavy atom. The Hall–Kier alpha value is -1.02. The van der Waals surface area contributed by atoms with E-state index in [1.165, 1.54) is 50.8 Å². The van der Waals surface area contributed by atoms with Crippen LogP contribution in [0.3, 0.4) is 0 Å². The Morgan fingerprint density at radius 3 is 2.57 bits per heavy atom.